The largest absolute Gasteiger partial charge is 0.508 e. The number of carbonyl (C=O) groups is 1. The quantitative estimate of drug-likeness (QED) is 0.705. The van der Waals surface area contributed by atoms with Crippen LogP contribution >= 0.6 is 0 Å². The number of phenols is 1. The van der Waals surface area contributed by atoms with Gasteiger partial charge in [-0.3, -0.25) is 4.79 Å². The van der Waals surface area contributed by atoms with Gasteiger partial charge in [0.25, 0.3) is 5.91 Å². The number of nitriles is 1. The van der Waals surface area contributed by atoms with Gasteiger partial charge >= 0.3 is 6.18 Å². The summed E-state index contributed by atoms with van der Waals surface area (Å²) in [6, 6.07) is 9.07. The molecule has 2 N–H and O–H groups in total. The van der Waals surface area contributed by atoms with Crippen molar-refractivity contribution >= 4 is 11.6 Å². The molecule has 1 amide bonds. The molecule has 0 spiro atoms. The molecule has 0 aliphatic carbocycles. The van der Waals surface area contributed by atoms with Gasteiger partial charge < -0.3 is 15.2 Å². The SMILES string of the molecule is Cc1ccc(NC(=O)C(CC(C)C)Oc2ccc(C#N)c(C(F)(F)F)c2)cc1O. The van der Waals surface area contributed by atoms with Crippen molar-refractivity contribution in [2.45, 2.75) is 39.5 Å². The third-order valence-corrected chi connectivity index (χ3v) is 4.15. The summed E-state index contributed by atoms with van der Waals surface area (Å²) < 4.78 is 45.1. The summed E-state index contributed by atoms with van der Waals surface area (Å²) in [7, 11) is 0. The minimum atomic E-state index is -4.72. The van der Waals surface area contributed by atoms with E-state index in [2.05, 4.69) is 5.32 Å². The number of carbonyl (C=O) groups excluding carboxylic acids is 1. The average Bonchev–Trinajstić information content (AvgIpc) is 2.63. The third-order valence-electron chi connectivity index (χ3n) is 4.15. The number of benzene rings is 2. The van der Waals surface area contributed by atoms with Gasteiger partial charge in [-0.05, 0) is 49.1 Å². The highest BCUT2D eigenvalue weighted by Gasteiger charge is 2.34. The van der Waals surface area contributed by atoms with Crippen LogP contribution in [-0.4, -0.2) is 17.1 Å². The van der Waals surface area contributed by atoms with Crippen molar-refractivity contribution in [2.24, 2.45) is 5.92 Å². The fraction of sp³-hybridized carbons (Fsp3) is 0.333. The number of anilines is 1. The van der Waals surface area contributed by atoms with E-state index < -0.39 is 29.3 Å². The molecular formula is C21H21F3N2O3. The van der Waals surface area contributed by atoms with E-state index in [1.165, 1.54) is 18.2 Å². The highest BCUT2D eigenvalue weighted by Crippen LogP contribution is 2.34. The second-order valence-electron chi connectivity index (χ2n) is 7.04. The predicted molar refractivity (Wildman–Crippen MR) is 102 cm³/mol. The van der Waals surface area contributed by atoms with Crippen molar-refractivity contribution in [1.29, 1.82) is 5.26 Å². The van der Waals surface area contributed by atoms with Crippen molar-refractivity contribution in [3.05, 3.63) is 53.1 Å². The van der Waals surface area contributed by atoms with Crippen LogP contribution in [0.3, 0.4) is 0 Å². The number of hydrogen-bond acceptors (Lipinski definition) is 4. The normalized spacial score (nSPS) is 12.3. The van der Waals surface area contributed by atoms with Crippen LogP contribution in [0.15, 0.2) is 36.4 Å². The molecule has 2 aromatic carbocycles. The van der Waals surface area contributed by atoms with E-state index in [9.17, 15) is 23.1 Å². The zero-order chi connectivity index (χ0) is 21.8. The molecule has 0 radical (unpaired) electrons. The number of nitrogens with zero attached hydrogens (tertiary/aromatic N) is 1. The smallest absolute Gasteiger partial charge is 0.417 e. The van der Waals surface area contributed by atoms with E-state index in [0.717, 1.165) is 12.1 Å². The first-order valence-corrected chi connectivity index (χ1v) is 8.89. The van der Waals surface area contributed by atoms with E-state index >= 15 is 0 Å². The van der Waals surface area contributed by atoms with Crippen molar-refractivity contribution in [3.63, 3.8) is 0 Å². The summed E-state index contributed by atoms with van der Waals surface area (Å²) in [5, 5.41) is 21.3. The Morgan fingerprint density at radius 2 is 1.93 bits per heavy atom. The van der Waals surface area contributed by atoms with Crippen molar-refractivity contribution in [3.8, 4) is 17.6 Å². The number of phenolic OH excluding ortho intramolecular Hbond substituents is 1. The summed E-state index contributed by atoms with van der Waals surface area (Å²) >= 11 is 0. The third kappa shape index (κ3) is 5.88. The first-order chi connectivity index (χ1) is 13.5. The van der Waals surface area contributed by atoms with Crippen LogP contribution in [0.5, 0.6) is 11.5 Å². The zero-order valence-electron chi connectivity index (χ0n) is 16.2. The second-order valence-corrected chi connectivity index (χ2v) is 7.04. The molecule has 1 unspecified atom stereocenters. The Hall–Kier alpha value is -3.21. The summed E-state index contributed by atoms with van der Waals surface area (Å²) in [4.78, 5) is 12.7. The van der Waals surface area contributed by atoms with Gasteiger partial charge in [-0.15, -0.1) is 0 Å². The van der Waals surface area contributed by atoms with Crippen LogP contribution in [-0.2, 0) is 11.0 Å². The fourth-order valence-corrected chi connectivity index (χ4v) is 2.64. The molecule has 0 aliphatic rings. The Morgan fingerprint density at radius 1 is 1.24 bits per heavy atom. The number of aromatic hydroxyl groups is 1. The molecule has 0 aliphatic heterocycles. The molecule has 1 atom stereocenters. The van der Waals surface area contributed by atoms with Crippen molar-refractivity contribution < 1.29 is 27.8 Å². The van der Waals surface area contributed by atoms with Gasteiger partial charge in [0, 0.05) is 11.8 Å². The Morgan fingerprint density at radius 3 is 2.48 bits per heavy atom. The maximum absolute atomic E-state index is 13.2. The maximum Gasteiger partial charge on any atom is 0.417 e. The van der Waals surface area contributed by atoms with Gasteiger partial charge in [0.15, 0.2) is 6.10 Å². The highest BCUT2D eigenvalue weighted by molar-refractivity contribution is 5.94. The Bertz CT molecular complexity index is 934. The summed E-state index contributed by atoms with van der Waals surface area (Å²) in [5.74, 6) is -0.688. The fourth-order valence-electron chi connectivity index (χ4n) is 2.64. The predicted octanol–water partition coefficient (Wildman–Crippen LogP) is 5.02. The number of amides is 1. The molecule has 0 fully saturated rings. The number of ether oxygens (including phenoxy) is 1. The first-order valence-electron chi connectivity index (χ1n) is 8.89. The molecule has 0 heterocycles. The molecule has 8 heteroatoms. The maximum atomic E-state index is 13.2. The van der Waals surface area contributed by atoms with Gasteiger partial charge in [-0.2, -0.15) is 18.4 Å². The minimum Gasteiger partial charge on any atom is -0.508 e. The molecular weight excluding hydrogens is 385 g/mol. The van der Waals surface area contributed by atoms with Gasteiger partial charge in [-0.25, -0.2) is 0 Å². The first kappa shape index (κ1) is 22.1. The number of rotatable bonds is 6. The van der Waals surface area contributed by atoms with Crippen LogP contribution in [0.1, 0.15) is 37.0 Å². The Balaban J connectivity index is 2.27. The standard InChI is InChI=1S/C21H21F3N2O3/c1-12(2)8-19(20(28)26-15-6-4-13(3)18(27)9-15)29-16-7-5-14(11-25)17(10-16)21(22,23)24/h4-7,9-10,12,19,27H,8H2,1-3H3,(H,26,28). The highest BCUT2D eigenvalue weighted by atomic mass is 19.4. The lowest BCUT2D eigenvalue weighted by Gasteiger charge is -2.21. The van der Waals surface area contributed by atoms with Gasteiger partial charge in [-0.1, -0.05) is 19.9 Å². The second kappa shape index (κ2) is 8.86. The monoisotopic (exact) mass is 406 g/mol. The van der Waals surface area contributed by atoms with E-state index in [1.807, 2.05) is 13.8 Å². The Labute approximate surface area is 166 Å². The van der Waals surface area contributed by atoms with Crippen LogP contribution in [0.2, 0.25) is 0 Å². The molecule has 0 saturated carbocycles. The molecule has 0 aromatic heterocycles. The van der Waals surface area contributed by atoms with E-state index in [0.29, 0.717) is 11.3 Å². The molecule has 2 aromatic rings. The molecule has 5 nitrogen and oxygen atoms in total. The Kier molecular flexibility index (Phi) is 6.75. The van der Waals surface area contributed by atoms with E-state index in [-0.39, 0.29) is 23.8 Å². The van der Waals surface area contributed by atoms with Crippen molar-refractivity contribution in [1.82, 2.24) is 0 Å². The summed E-state index contributed by atoms with van der Waals surface area (Å²) in [6.45, 7) is 5.40. The number of halogens is 3. The zero-order valence-corrected chi connectivity index (χ0v) is 16.2. The molecule has 2 rings (SSSR count). The number of alkyl halides is 3. The van der Waals surface area contributed by atoms with E-state index in [4.69, 9.17) is 10.00 Å². The van der Waals surface area contributed by atoms with Gasteiger partial charge in [0.1, 0.15) is 11.5 Å². The van der Waals surface area contributed by atoms with Crippen LogP contribution in [0.25, 0.3) is 0 Å². The summed E-state index contributed by atoms with van der Waals surface area (Å²) in [5.41, 5.74) is -0.670. The lowest BCUT2D eigenvalue weighted by molar-refractivity contribution is -0.137. The summed E-state index contributed by atoms with van der Waals surface area (Å²) in [6.07, 6.45) is -5.53. The molecule has 0 bridgehead atoms. The number of aryl methyl sites for hydroxylation is 1. The average molecular weight is 406 g/mol. The van der Waals surface area contributed by atoms with Crippen molar-refractivity contribution in [2.75, 3.05) is 5.32 Å². The van der Waals surface area contributed by atoms with Gasteiger partial charge in [0.05, 0.1) is 17.2 Å². The topological polar surface area (TPSA) is 82.3 Å². The van der Waals surface area contributed by atoms with Crippen LogP contribution in [0, 0.1) is 24.2 Å². The lowest BCUT2D eigenvalue weighted by atomic mass is 10.0. The van der Waals surface area contributed by atoms with Crippen LogP contribution in [0.4, 0.5) is 18.9 Å². The molecule has 154 valence electrons. The number of hydrogen-bond donors (Lipinski definition) is 2. The lowest BCUT2D eigenvalue weighted by Crippen LogP contribution is -2.34. The molecule has 29 heavy (non-hydrogen) atoms. The van der Waals surface area contributed by atoms with Crippen LogP contribution < -0.4 is 10.1 Å². The number of nitrogens with one attached hydrogen (secondary N) is 1. The molecule has 0 saturated heterocycles. The van der Waals surface area contributed by atoms with Gasteiger partial charge in [0.2, 0.25) is 0 Å². The minimum absolute atomic E-state index is 0.00559. The van der Waals surface area contributed by atoms with E-state index in [1.54, 1.807) is 19.1 Å².